The Morgan fingerprint density at radius 1 is 0.633 bits per heavy atom. The van der Waals surface area contributed by atoms with Crippen LogP contribution in [0.3, 0.4) is 0 Å². The second-order valence-corrected chi connectivity index (χ2v) is 16.4. The van der Waals surface area contributed by atoms with Gasteiger partial charge in [0.05, 0.1) is 0 Å². The number of benzene rings is 3. The molecule has 0 unspecified atom stereocenters. The van der Waals surface area contributed by atoms with Crippen LogP contribution in [0.4, 0.5) is 18.9 Å². The van der Waals surface area contributed by atoms with Gasteiger partial charge in [-0.2, -0.15) is 0 Å². The molecule has 0 heterocycles. The Hall–Kier alpha value is -1.92. The molecule has 3 aromatic carbocycles. The van der Waals surface area contributed by atoms with Crippen LogP contribution in [0.25, 0.3) is 0 Å². The topological polar surface area (TPSA) is 12.0 Å². The van der Waals surface area contributed by atoms with Crippen molar-refractivity contribution in [3.63, 3.8) is 0 Å². The molecule has 0 amide bonds. The molecule has 0 bridgehead atoms. The Balaban J connectivity index is 2.37. The minimum absolute atomic E-state index is 0.384. The molecule has 0 aliphatic carbocycles. The van der Waals surface area contributed by atoms with Crippen molar-refractivity contribution in [3.05, 3.63) is 87.2 Å². The zero-order valence-corrected chi connectivity index (χ0v) is 20.8. The number of hydrogen-bond acceptors (Lipinski definition) is 1. The summed E-state index contributed by atoms with van der Waals surface area (Å²) in [5.74, 6) is -2.95. The van der Waals surface area contributed by atoms with Gasteiger partial charge in [0.15, 0.2) is 0 Å². The maximum atomic E-state index is 14.6. The summed E-state index contributed by atoms with van der Waals surface area (Å²) in [6.07, 6.45) is 0. The molecule has 0 aliphatic rings. The molecule has 0 fully saturated rings. The first-order chi connectivity index (χ1) is 13.9. The average molecular weight is 493 g/mol. The normalized spacial score (nSPS) is 11.7. The van der Waals surface area contributed by atoms with Crippen molar-refractivity contribution in [1.29, 1.82) is 0 Å². The monoisotopic (exact) mass is 493 g/mol. The summed E-state index contributed by atoms with van der Waals surface area (Å²) >= 11 is -4.11. The van der Waals surface area contributed by atoms with E-state index in [1.54, 1.807) is 0 Å². The van der Waals surface area contributed by atoms with Crippen molar-refractivity contribution in [3.8, 4) is 0 Å². The van der Waals surface area contributed by atoms with E-state index < -0.39 is 30.0 Å². The molecule has 0 radical (unpaired) electrons. The van der Waals surface area contributed by atoms with Crippen LogP contribution in [-0.2, 0) is 0 Å². The third-order valence-electron chi connectivity index (χ3n) is 5.35. The molecule has 6 heteroatoms. The van der Waals surface area contributed by atoms with Gasteiger partial charge >= 0.3 is 183 Å². The van der Waals surface area contributed by atoms with Gasteiger partial charge in [0.25, 0.3) is 0 Å². The van der Waals surface area contributed by atoms with Crippen molar-refractivity contribution in [2.75, 3.05) is 4.27 Å². The first kappa shape index (κ1) is 22.8. The summed E-state index contributed by atoms with van der Waals surface area (Å²) < 4.78 is 47.7. The Kier molecular flexibility index (Phi) is 6.31. The van der Waals surface area contributed by atoms with E-state index in [9.17, 15) is 13.2 Å². The molecule has 3 rings (SSSR count). The Labute approximate surface area is 183 Å². The first-order valence-corrected chi connectivity index (χ1v) is 15.6. The number of rotatable bonds is 4. The zero-order chi connectivity index (χ0) is 22.4. The number of aryl methyl sites for hydroxylation is 6. The van der Waals surface area contributed by atoms with E-state index in [4.69, 9.17) is 10.0 Å². The van der Waals surface area contributed by atoms with Crippen LogP contribution in [0.2, 0.25) is 0 Å². The fraction of sp³-hybridized carbons (Fsp3) is 0.250. The van der Waals surface area contributed by atoms with Gasteiger partial charge in [-0.25, -0.2) is 0 Å². The molecule has 1 N–H and O–H groups in total. The number of halogens is 4. The Bertz CT molecular complexity index is 1020. The summed E-state index contributed by atoms with van der Waals surface area (Å²) in [6.45, 7) is 11.9. The van der Waals surface area contributed by atoms with Gasteiger partial charge in [0.2, 0.25) is 0 Å². The van der Waals surface area contributed by atoms with Crippen molar-refractivity contribution in [1.82, 2.24) is 0 Å². The standard InChI is InChI=1S/C24H25ClF3GeN/c1-13-7-15(3)22(16(4)8-13)29(25,23-17(5)9-14(2)10-18(23)6)30-24-20(27)11-19(26)12-21(24)28/h7-12,30H,1-6H3. The van der Waals surface area contributed by atoms with Crippen molar-refractivity contribution >= 4 is 37.0 Å². The van der Waals surface area contributed by atoms with Gasteiger partial charge in [-0.15, -0.1) is 0 Å². The van der Waals surface area contributed by atoms with Gasteiger partial charge < -0.3 is 0 Å². The van der Waals surface area contributed by atoms with Gasteiger partial charge in [-0.05, 0) is 0 Å². The molecule has 0 spiro atoms. The van der Waals surface area contributed by atoms with Gasteiger partial charge in [0.1, 0.15) is 0 Å². The van der Waals surface area contributed by atoms with Crippen LogP contribution in [0, 0.1) is 59.0 Å². The molecule has 0 saturated carbocycles. The molecular weight excluding hydrogens is 467 g/mol. The molecule has 0 saturated heterocycles. The summed E-state index contributed by atoms with van der Waals surface area (Å²) in [6, 6.07) is 9.47. The van der Waals surface area contributed by atoms with Gasteiger partial charge in [-0.1, -0.05) is 0 Å². The third-order valence-corrected chi connectivity index (χ3v) is 15.2. The van der Waals surface area contributed by atoms with E-state index in [0.717, 1.165) is 42.2 Å². The predicted molar refractivity (Wildman–Crippen MR) is 122 cm³/mol. The van der Waals surface area contributed by atoms with Crippen molar-refractivity contribution in [2.24, 2.45) is 0 Å². The predicted octanol–water partition coefficient (Wildman–Crippen LogP) is 5.86. The Morgan fingerprint density at radius 2 is 0.967 bits per heavy atom. The fourth-order valence-electron chi connectivity index (χ4n) is 4.53. The van der Waals surface area contributed by atoms with E-state index in [-0.39, 0.29) is 5.69 Å². The number of anilines is 1. The summed E-state index contributed by atoms with van der Waals surface area (Å²) in [5, 5.41) is 0. The van der Waals surface area contributed by atoms with Gasteiger partial charge in [0, 0.05) is 0 Å². The zero-order valence-electron chi connectivity index (χ0n) is 18.0. The van der Waals surface area contributed by atoms with Crippen LogP contribution < -0.4 is 13.1 Å². The second-order valence-electron chi connectivity index (χ2n) is 8.08. The summed E-state index contributed by atoms with van der Waals surface area (Å²) in [4.78, 5) is 0. The summed E-state index contributed by atoms with van der Waals surface area (Å²) in [7, 11) is 7.48. The molecule has 30 heavy (non-hydrogen) atoms. The van der Waals surface area contributed by atoms with E-state index in [0.29, 0.717) is 12.1 Å². The minimum atomic E-state index is -4.11. The van der Waals surface area contributed by atoms with Crippen LogP contribution in [-0.4, -0.2) is 12.6 Å². The Morgan fingerprint density at radius 3 is 1.30 bits per heavy atom. The third kappa shape index (κ3) is 4.12. The maximum absolute atomic E-state index is 14.6. The van der Waals surface area contributed by atoms with Crippen molar-refractivity contribution < 1.29 is 13.2 Å². The van der Waals surface area contributed by atoms with E-state index in [1.165, 1.54) is 0 Å². The molecule has 0 atom stereocenters. The van der Waals surface area contributed by atoms with E-state index in [2.05, 4.69) is 4.27 Å². The average Bonchev–Trinajstić information content (AvgIpc) is 2.56. The fourth-order valence-corrected chi connectivity index (χ4v) is 15.6. The second kappa shape index (κ2) is 8.31. The van der Waals surface area contributed by atoms with E-state index >= 15 is 0 Å². The van der Waals surface area contributed by atoms with Crippen LogP contribution in [0.15, 0.2) is 36.4 Å². The van der Waals surface area contributed by atoms with Crippen LogP contribution >= 0.6 is 10.0 Å². The molecule has 3 aromatic rings. The number of nitrogens with one attached hydrogen (secondary N) is 1. The molecular formula is C24H25ClF3GeN. The first-order valence-electron chi connectivity index (χ1n) is 9.72. The molecule has 1 nitrogen and oxygen atoms in total. The molecule has 158 valence electrons. The molecule has 0 aromatic heterocycles. The SMILES string of the molecule is Cc1cc(C)[c]([Ge]([Cl])([NH]c2c(F)cc(F)cc2F)[c]2c(C)cc(C)cc2C)c(C)c1. The molecule has 0 aliphatic heterocycles. The van der Waals surface area contributed by atoms with Crippen molar-refractivity contribution in [2.45, 2.75) is 41.5 Å². The van der Waals surface area contributed by atoms with E-state index in [1.807, 2.05) is 65.8 Å². The quantitative estimate of drug-likeness (QED) is 0.450. The van der Waals surface area contributed by atoms with Crippen LogP contribution in [0.1, 0.15) is 33.4 Å². The van der Waals surface area contributed by atoms with Crippen LogP contribution in [0.5, 0.6) is 0 Å². The number of hydrogen-bond donors (Lipinski definition) is 1. The van der Waals surface area contributed by atoms with Gasteiger partial charge in [-0.3, -0.25) is 0 Å². The summed E-state index contributed by atoms with van der Waals surface area (Å²) in [5.41, 5.74) is 5.67.